The number of hydrogen-bond acceptors (Lipinski definition) is 4. The monoisotopic (exact) mass is 330 g/mol. The number of aryl methyl sites for hydroxylation is 3. The highest BCUT2D eigenvalue weighted by molar-refractivity contribution is 5.97. The molecule has 0 aliphatic heterocycles. The molecule has 0 saturated heterocycles. The van der Waals surface area contributed by atoms with Gasteiger partial charge >= 0.3 is 0 Å². The summed E-state index contributed by atoms with van der Waals surface area (Å²) in [5, 5.41) is 7.20. The summed E-state index contributed by atoms with van der Waals surface area (Å²) in [6.45, 7) is 8.64. The molecule has 2 rings (SSSR count). The van der Waals surface area contributed by atoms with Crippen molar-refractivity contribution in [3.05, 3.63) is 46.3 Å². The van der Waals surface area contributed by atoms with Crippen molar-refractivity contribution >= 4 is 5.91 Å². The maximum Gasteiger partial charge on any atom is 0.257 e. The van der Waals surface area contributed by atoms with E-state index in [2.05, 4.69) is 10.2 Å². The van der Waals surface area contributed by atoms with Crippen LogP contribution >= 0.6 is 0 Å². The molecule has 1 aromatic heterocycles. The molecule has 1 atom stereocenters. The van der Waals surface area contributed by atoms with Crippen molar-refractivity contribution in [2.45, 2.75) is 33.7 Å². The first-order chi connectivity index (χ1) is 11.4. The van der Waals surface area contributed by atoms with Crippen LogP contribution in [0.25, 0.3) is 0 Å². The Morgan fingerprint density at radius 2 is 2.08 bits per heavy atom. The Bertz CT molecular complexity index is 704. The summed E-state index contributed by atoms with van der Waals surface area (Å²) >= 11 is 0. The number of benzene rings is 1. The van der Waals surface area contributed by atoms with Crippen LogP contribution in [-0.4, -0.2) is 41.2 Å². The van der Waals surface area contributed by atoms with E-state index in [9.17, 15) is 4.79 Å². The van der Waals surface area contributed by atoms with Crippen LogP contribution in [0.3, 0.4) is 0 Å². The minimum Gasteiger partial charge on any atom is -0.491 e. The van der Waals surface area contributed by atoms with Crippen LogP contribution < -0.4 is 10.5 Å². The molecule has 0 fully saturated rings. The Morgan fingerprint density at radius 1 is 1.38 bits per heavy atom. The third kappa shape index (κ3) is 3.59. The van der Waals surface area contributed by atoms with Crippen LogP contribution in [0.2, 0.25) is 0 Å². The van der Waals surface area contributed by atoms with Crippen molar-refractivity contribution in [2.75, 3.05) is 20.2 Å². The molecule has 1 aromatic carbocycles. The Morgan fingerprint density at radius 3 is 2.67 bits per heavy atom. The van der Waals surface area contributed by atoms with Gasteiger partial charge in [-0.25, -0.2) is 0 Å². The normalized spacial score (nSPS) is 12.1. The van der Waals surface area contributed by atoms with Gasteiger partial charge in [0.1, 0.15) is 12.4 Å². The quantitative estimate of drug-likeness (QED) is 0.852. The summed E-state index contributed by atoms with van der Waals surface area (Å²) in [5.41, 5.74) is 9.99. The van der Waals surface area contributed by atoms with Crippen molar-refractivity contribution in [1.29, 1.82) is 0 Å². The Hall–Kier alpha value is -2.34. The molecule has 0 bridgehead atoms. The van der Waals surface area contributed by atoms with Crippen LogP contribution in [-0.2, 0) is 0 Å². The fraction of sp³-hybridized carbons (Fsp3) is 0.444. The number of aromatic amines is 1. The van der Waals surface area contributed by atoms with Gasteiger partial charge in [0, 0.05) is 24.8 Å². The highest BCUT2D eigenvalue weighted by Crippen LogP contribution is 2.28. The first kappa shape index (κ1) is 18.0. The van der Waals surface area contributed by atoms with E-state index in [4.69, 9.17) is 10.5 Å². The van der Waals surface area contributed by atoms with Crippen LogP contribution in [0, 0.1) is 20.8 Å². The number of ether oxygens (including phenoxy) is 1. The molecule has 0 aliphatic rings. The van der Waals surface area contributed by atoms with Crippen LogP contribution in [0.1, 0.15) is 45.8 Å². The average Bonchev–Trinajstić information content (AvgIpc) is 2.90. The molecule has 0 spiro atoms. The van der Waals surface area contributed by atoms with Crippen molar-refractivity contribution in [2.24, 2.45) is 5.73 Å². The van der Waals surface area contributed by atoms with Gasteiger partial charge in [-0.1, -0.05) is 11.6 Å². The van der Waals surface area contributed by atoms with Crippen molar-refractivity contribution in [3.63, 3.8) is 0 Å². The van der Waals surface area contributed by atoms with E-state index in [1.165, 1.54) is 0 Å². The minimum absolute atomic E-state index is 0.0850. The Kier molecular flexibility index (Phi) is 5.62. The van der Waals surface area contributed by atoms with E-state index in [-0.39, 0.29) is 11.9 Å². The molecule has 0 aliphatic carbocycles. The lowest BCUT2D eigenvalue weighted by atomic mass is 10.0. The fourth-order valence-electron chi connectivity index (χ4n) is 2.84. The number of carbonyl (C=O) groups excluding carboxylic acids is 1. The van der Waals surface area contributed by atoms with Crippen molar-refractivity contribution < 1.29 is 9.53 Å². The molecule has 6 nitrogen and oxygen atoms in total. The number of carbonyl (C=O) groups is 1. The maximum atomic E-state index is 13.0. The second-order valence-electron chi connectivity index (χ2n) is 6.08. The van der Waals surface area contributed by atoms with E-state index in [0.717, 1.165) is 22.5 Å². The predicted molar refractivity (Wildman–Crippen MR) is 94.3 cm³/mol. The Labute approximate surface area is 143 Å². The molecule has 2 aromatic rings. The molecule has 6 heteroatoms. The standard InChI is InChI=1S/C18H26N4O2/c1-11-6-7-16(24-9-8-19)15(10-11)18(23)22(5)14(4)17-12(2)20-21-13(17)3/h6-7,10,14H,8-9,19H2,1-5H3,(H,20,21). The molecule has 1 heterocycles. The highest BCUT2D eigenvalue weighted by atomic mass is 16.5. The predicted octanol–water partition coefficient (Wildman–Crippen LogP) is 2.51. The molecule has 24 heavy (non-hydrogen) atoms. The molecular weight excluding hydrogens is 304 g/mol. The SMILES string of the molecule is Cc1ccc(OCCN)c(C(=O)N(C)C(C)c2c(C)n[nH]c2C)c1. The van der Waals surface area contributed by atoms with Crippen molar-refractivity contribution in [1.82, 2.24) is 15.1 Å². The maximum absolute atomic E-state index is 13.0. The van der Waals surface area contributed by atoms with Gasteiger partial charge in [-0.2, -0.15) is 5.10 Å². The van der Waals surface area contributed by atoms with Gasteiger partial charge in [-0.3, -0.25) is 9.89 Å². The number of nitrogens with one attached hydrogen (secondary N) is 1. The Balaban J connectivity index is 2.32. The summed E-state index contributed by atoms with van der Waals surface area (Å²) in [5.74, 6) is 0.481. The third-order valence-electron chi connectivity index (χ3n) is 4.25. The zero-order valence-electron chi connectivity index (χ0n) is 15.0. The van der Waals surface area contributed by atoms with Gasteiger partial charge in [-0.15, -0.1) is 0 Å². The summed E-state index contributed by atoms with van der Waals surface area (Å²) in [4.78, 5) is 14.7. The number of hydrogen-bond donors (Lipinski definition) is 2. The molecule has 0 saturated carbocycles. The molecule has 130 valence electrons. The van der Waals surface area contributed by atoms with Crippen LogP contribution in [0.4, 0.5) is 0 Å². The van der Waals surface area contributed by atoms with Gasteiger partial charge in [0.05, 0.1) is 17.3 Å². The zero-order chi connectivity index (χ0) is 17.9. The number of amides is 1. The summed E-state index contributed by atoms with van der Waals surface area (Å²) in [7, 11) is 1.80. The number of nitrogens with two attached hydrogens (primary N) is 1. The minimum atomic E-state index is -0.0980. The van der Waals surface area contributed by atoms with Crippen LogP contribution in [0.15, 0.2) is 18.2 Å². The lowest BCUT2D eigenvalue weighted by Gasteiger charge is -2.26. The highest BCUT2D eigenvalue weighted by Gasteiger charge is 2.25. The molecular formula is C18H26N4O2. The van der Waals surface area contributed by atoms with E-state index in [1.54, 1.807) is 11.9 Å². The molecule has 1 unspecified atom stereocenters. The van der Waals surface area contributed by atoms with Gasteiger partial charge < -0.3 is 15.4 Å². The lowest BCUT2D eigenvalue weighted by molar-refractivity contribution is 0.0737. The fourth-order valence-corrected chi connectivity index (χ4v) is 2.84. The smallest absolute Gasteiger partial charge is 0.257 e. The number of H-pyrrole nitrogens is 1. The molecule has 0 radical (unpaired) electrons. The summed E-state index contributed by atoms with van der Waals surface area (Å²) in [6.07, 6.45) is 0. The number of nitrogens with zero attached hydrogens (tertiary/aromatic N) is 2. The second-order valence-corrected chi connectivity index (χ2v) is 6.08. The van der Waals surface area contributed by atoms with E-state index in [1.807, 2.05) is 45.9 Å². The number of aromatic nitrogens is 2. The van der Waals surface area contributed by atoms with Gasteiger partial charge in [0.2, 0.25) is 0 Å². The summed E-state index contributed by atoms with van der Waals surface area (Å²) < 4.78 is 5.64. The van der Waals surface area contributed by atoms with Crippen molar-refractivity contribution in [3.8, 4) is 5.75 Å². The van der Waals surface area contributed by atoms with Gasteiger partial charge in [0.15, 0.2) is 0 Å². The topological polar surface area (TPSA) is 84.2 Å². The first-order valence-electron chi connectivity index (χ1n) is 8.09. The second kappa shape index (κ2) is 7.49. The molecule has 3 N–H and O–H groups in total. The van der Waals surface area contributed by atoms with E-state index < -0.39 is 0 Å². The molecule has 1 amide bonds. The van der Waals surface area contributed by atoms with Gasteiger partial charge in [-0.05, 0) is 39.8 Å². The summed E-state index contributed by atoms with van der Waals surface area (Å²) in [6, 6.07) is 5.51. The largest absolute Gasteiger partial charge is 0.491 e. The average molecular weight is 330 g/mol. The van der Waals surface area contributed by atoms with Gasteiger partial charge in [0.25, 0.3) is 5.91 Å². The third-order valence-corrected chi connectivity index (χ3v) is 4.25. The van der Waals surface area contributed by atoms with Crippen LogP contribution in [0.5, 0.6) is 5.75 Å². The van der Waals surface area contributed by atoms with E-state index in [0.29, 0.717) is 24.5 Å². The number of rotatable bonds is 6. The first-order valence-corrected chi connectivity index (χ1v) is 8.09. The van der Waals surface area contributed by atoms with E-state index >= 15 is 0 Å². The zero-order valence-corrected chi connectivity index (χ0v) is 15.0. The lowest BCUT2D eigenvalue weighted by Crippen LogP contribution is -2.30.